The minimum absolute atomic E-state index is 0.0445. The molecule has 27 heavy (non-hydrogen) atoms. The molecule has 0 radical (unpaired) electrons. The van der Waals surface area contributed by atoms with Crippen molar-refractivity contribution < 1.29 is 18.0 Å². The molecule has 2 aromatic rings. The molecule has 0 atom stereocenters. The first kappa shape index (κ1) is 19.4. The van der Waals surface area contributed by atoms with Crippen molar-refractivity contribution in [3.8, 4) is 11.3 Å². The Bertz CT molecular complexity index is 836. The van der Waals surface area contributed by atoms with E-state index in [-0.39, 0.29) is 17.0 Å². The van der Waals surface area contributed by atoms with E-state index in [0.717, 1.165) is 32.0 Å². The van der Waals surface area contributed by atoms with Crippen LogP contribution in [0.5, 0.6) is 0 Å². The van der Waals surface area contributed by atoms with Crippen LogP contribution in [0, 0.1) is 0 Å². The van der Waals surface area contributed by atoms with Crippen LogP contribution in [0.25, 0.3) is 11.3 Å². The quantitative estimate of drug-likeness (QED) is 0.851. The van der Waals surface area contributed by atoms with Crippen LogP contribution in [-0.2, 0) is 11.0 Å². The fraction of sp³-hybridized carbons (Fsp3) is 0.389. The molecule has 0 unspecified atom stereocenters. The molecule has 0 bridgehead atoms. The molecular weight excluding hydrogens is 381 g/mol. The van der Waals surface area contributed by atoms with E-state index in [4.69, 9.17) is 11.6 Å². The van der Waals surface area contributed by atoms with Gasteiger partial charge in [-0.3, -0.25) is 4.79 Å². The minimum Gasteiger partial charge on any atom is -0.356 e. The summed E-state index contributed by atoms with van der Waals surface area (Å²) in [5.41, 5.74) is 0.117. The Labute approximate surface area is 159 Å². The Morgan fingerprint density at radius 3 is 2.52 bits per heavy atom. The molecule has 1 fully saturated rings. The van der Waals surface area contributed by atoms with Gasteiger partial charge in [-0.25, -0.2) is 9.97 Å². The summed E-state index contributed by atoms with van der Waals surface area (Å²) in [4.78, 5) is 21.6. The highest BCUT2D eigenvalue weighted by Gasteiger charge is 2.33. The number of anilines is 1. The van der Waals surface area contributed by atoms with E-state index < -0.39 is 11.7 Å². The Hall–Kier alpha value is -2.35. The number of rotatable bonds is 3. The largest absolute Gasteiger partial charge is 0.417 e. The summed E-state index contributed by atoms with van der Waals surface area (Å²) in [5, 5.41) is 2.55. The molecule has 1 amide bonds. The van der Waals surface area contributed by atoms with Crippen LogP contribution in [0.15, 0.2) is 30.6 Å². The van der Waals surface area contributed by atoms with Gasteiger partial charge in [-0.15, -0.1) is 0 Å². The maximum atomic E-state index is 12.9. The molecule has 5 nitrogen and oxygen atoms in total. The summed E-state index contributed by atoms with van der Waals surface area (Å²) < 4.78 is 38.6. The highest BCUT2D eigenvalue weighted by atomic mass is 35.5. The molecule has 9 heteroatoms. The smallest absolute Gasteiger partial charge is 0.356 e. The van der Waals surface area contributed by atoms with Gasteiger partial charge in [0.25, 0.3) is 0 Å². The van der Waals surface area contributed by atoms with Crippen LogP contribution in [-0.4, -0.2) is 35.0 Å². The fourth-order valence-corrected chi connectivity index (χ4v) is 3.41. The molecule has 1 aromatic carbocycles. The number of hydrogen-bond acceptors (Lipinski definition) is 4. The van der Waals surface area contributed by atoms with E-state index in [1.165, 1.54) is 25.4 Å². The summed E-state index contributed by atoms with van der Waals surface area (Å²) in [5.74, 6) is 0.647. The van der Waals surface area contributed by atoms with Crippen molar-refractivity contribution in [3.63, 3.8) is 0 Å². The van der Waals surface area contributed by atoms with Crippen molar-refractivity contribution >= 4 is 23.3 Å². The zero-order chi connectivity index (χ0) is 19.6. The summed E-state index contributed by atoms with van der Waals surface area (Å²) >= 11 is 5.80. The van der Waals surface area contributed by atoms with E-state index in [9.17, 15) is 18.0 Å². The highest BCUT2D eigenvalue weighted by molar-refractivity contribution is 6.31. The molecule has 1 aliphatic rings. The van der Waals surface area contributed by atoms with Gasteiger partial charge in [0.2, 0.25) is 5.91 Å². The summed E-state index contributed by atoms with van der Waals surface area (Å²) in [6, 6.07) is 5.45. The number of nitrogens with one attached hydrogen (secondary N) is 1. The number of aromatic nitrogens is 2. The Kier molecular flexibility index (Phi) is 5.55. The van der Waals surface area contributed by atoms with Crippen molar-refractivity contribution in [2.75, 3.05) is 18.0 Å². The van der Waals surface area contributed by atoms with Crippen LogP contribution in [0.1, 0.15) is 25.3 Å². The Morgan fingerprint density at radius 2 is 1.93 bits per heavy atom. The second-order valence-corrected chi connectivity index (χ2v) is 6.82. The van der Waals surface area contributed by atoms with Crippen LogP contribution in [0.2, 0.25) is 5.02 Å². The third-order valence-electron chi connectivity index (χ3n) is 4.45. The lowest BCUT2D eigenvalue weighted by molar-refractivity contribution is -0.137. The predicted octanol–water partition coefficient (Wildman–Crippen LogP) is 3.92. The number of carbonyl (C=O) groups excluding carboxylic acids is 1. The number of benzene rings is 1. The van der Waals surface area contributed by atoms with E-state index in [0.29, 0.717) is 17.1 Å². The molecule has 0 spiro atoms. The average molecular weight is 399 g/mol. The normalized spacial score (nSPS) is 15.7. The maximum absolute atomic E-state index is 12.9. The number of halogens is 4. The van der Waals surface area contributed by atoms with Crippen molar-refractivity contribution in [2.45, 2.75) is 32.0 Å². The molecule has 0 saturated carbocycles. The van der Waals surface area contributed by atoms with Crippen molar-refractivity contribution in [2.24, 2.45) is 0 Å². The zero-order valence-corrected chi connectivity index (χ0v) is 15.3. The van der Waals surface area contributed by atoms with Gasteiger partial charge in [0.05, 0.1) is 16.3 Å². The van der Waals surface area contributed by atoms with Gasteiger partial charge >= 0.3 is 6.18 Å². The standard InChI is InChI=1S/C18H18ClF3N4O/c1-11(27)25-13-4-6-26(7-5-13)17-9-16(23-10-24-17)12-2-3-14(15(19)8-12)18(20,21)22/h2-3,8-10,13H,4-7H2,1H3,(H,25,27). The number of nitrogens with zero attached hydrogens (tertiary/aromatic N) is 3. The predicted molar refractivity (Wildman–Crippen MR) is 96.5 cm³/mol. The van der Waals surface area contributed by atoms with Crippen LogP contribution in [0.3, 0.4) is 0 Å². The van der Waals surface area contributed by atoms with E-state index in [2.05, 4.69) is 20.2 Å². The SMILES string of the molecule is CC(=O)NC1CCN(c2cc(-c3ccc(C(F)(F)F)c(Cl)c3)ncn2)CC1. The van der Waals surface area contributed by atoms with Crippen LogP contribution < -0.4 is 10.2 Å². The molecule has 0 aliphatic carbocycles. The fourth-order valence-electron chi connectivity index (χ4n) is 3.12. The van der Waals surface area contributed by atoms with Gasteiger partial charge in [-0.05, 0) is 25.0 Å². The first-order chi connectivity index (χ1) is 12.7. The van der Waals surface area contributed by atoms with Crippen LogP contribution >= 0.6 is 11.6 Å². The van der Waals surface area contributed by atoms with E-state index >= 15 is 0 Å². The zero-order valence-electron chi connectivity index (χ0n) is 14.6. The number of alkyl halides is 3. The lowest BCUT2D eigenvalue weighted by Gasteiger charge is -2.33. The van der Waals surface area contributed by atoms with Crippen molar-refractivity contribution in [1.82, 2.24) is 15.3 Å². The topological polar surface area (TPSA) is 58.1 Å². The first-order valence-corrected chi connectivity index (χ1v) is 8.83. The number of carbonyl (C=O) groups is 1. The summed E-state index contributed by atoms with van der Waals surface area (Å²) in [6.07, 6.45) is -1.52. The molecule has 1 aliphatic heterocycles. The Balaban J connectivity index is 1.77. The van der Waals surface area contributed by atoms with E-state index in [1.807, 2.05) is 0 Å². The van der Waals surface area contributed by atoms with Crippen molar-refractivity contribution in [3.05, 3.63) is 41.2 Å². The third-order valence-corrected chi connectivity index (χ3v) is 4.76. The molecule has 3 rings (SSSR count). The van der Waals surface area contributed by atoms with Gasteiger partial charge in [-0.2, -0.15) is 13.2 Å². The molecular formula is C18H18ClF3N4O. The van der Waals surface area contributed by atoms with E-state index in [1.54, 1.807) is 6.07 Å². The van der Waals surface area contributed by atoms with Crippen molar-refractivity contribution in [1.29, 1.82) is 0 Å². The van der Waals surface area contributed by atoms with Gasteiger partial charge in [0.1, 0.15) is 12.1 Å². The minimum atomic E-state index is -4.50. The second kappa shape index (κ2) is 7.72. The maximum Gasteiger partial charge on any atom is 0.417 e. The number of piperidine rings is 1. The summed E-state index contributed by atoms with van der Waals surface area (Å²) in [6.45, 7) is 2.93. The van der Waals surface area contributed by atoms with Crippen LogP contribution in [0.4, 0.5) is 19.0 Å². The highest BCUT2D eigenvalue weighted by Crippen LogP contribution is 2.36. The number of hydrogen-bond donors (Lipinski definition) is 1. The average Bonchev–Trinajstić information content (AvgIpc) is 2.61. The lowest BCUT2D eigenvalue weighted by Crippen LogP contribution is -2.44. The molecule has 144 valence electrons. The Morgan fingerprint density at radius 1 is 1.22 bits per heavy atom. The molecule has 1 N–H and O–H groups in total. The summed E-state index contributed by atoms with van der Waals surface area (Å²) in [7, 11) is 0. The van der Waals surface area contributed by atoms with Gasteiger partial charge in [-0.1, -0.05) is 17.7 Å². The molecule has 1 saturated heterocycles. The van der Waals surface area contributed by atoms with Gasteiger partial charge < -0.3 is 10.2 Å². The lowest BCUT2D eigenvalue weighted by atomic mass is 10.0. The molecule has 1 aromatic heterocycles. The monoisotopic (exact) mass is 398 g/mol. The van der Waals surface area contributed by atoms with Gasteiger partial charge in [0, 0.05) is 37.7 Å². The first-order valence-electron chi connectivity index (χ1n) is 8.45. The number of amides is 1. The second-order valence-electron chi connectivity index (χ2n) is 6.42. The molecule has 2 heterocycles. The third kappa shape index (κ3) is 4.68. The van der Waals surface area contributed by atoms with Gasteiger partial charge in [0.15, 0.2) is 0 Å².